The third kappa shape index (κ3) is 5.81. The summed E-state index contributed by atoms with van der Waals surface area (Å²) in [5, 5.41) is 2.63. The molecule has 0 unspecified atom stereocenters. The highest BCUT2D eigenvalue weighted by atomic mass is 15.1. The van der Waals surface area contributed by atoms with Gasteiger partial charge in [-0.2, -0.15) is 0 Å². The number of para-hydroxylation sites is 1. The first-order valence-electron chi connectivity index (χ1n) is 18.0. The van der Waals surface area contributed by atoms with Gasteiger partial charge in [0.05, 0.1) is 0 Å². The van der Waals surface area contributed by atoms with Crippen molar-refractivity contribution in [2.45, 2.75) is 18.8 Å². The normalized spacial score (nSPS) is 13.6. The molecule has 0 aliphatic heterocycles. The van der Waals surface area contributed by atoms with Crippen LogP contribution >= 0.6 is 0 Å². The topological polar surface area (TPSA) is 3.24 Å². The second-order valence-electron chi connectivity index (χ2n) is 13.7. The molecule has 51 heavy (non-hydrogen) atoms. The Balaban J connectivity index is 1.12. The molecule has 1 aliphatic carbocycles. The molecule has 0 aromatic heterocycles. The molecule has 0 spiro atoms. The zero-order chi connectivity index (χ0) is 34.1. The zero-order valence-corrected chi connectivity index (χ0v) is 28.8. The lowest BCUT2D eigenvalue weighted by atomic mass is 9.80. The van der Waals surface area contributed by atoms with Crippen LogP contribution in [0.15, 0.2) is 188 Å². The van der Waals surface area contributed by atoms with E-state index in [1.807, 2.05) is 0 Å². The zero-order valence-electron chi connectivity index (χ0n) is 28.8. The number of nitrogens with zero attached hydrogens (tertiary/aromatic N) is 1. The summed E-state index contributed by atoms with van der Waals surface area (Å²) in [6.07, 6.45) is 2.09. The summed E-state index contributed by atoms with van der Waals surface area (Å²) in [7, 11) is 2.12. The molecule has 0 N–H and O–H groups in total. The Hall–Kier alpha value is -6.18. The van der Waals surface area contributed by atoms with Gasteiger partial charge < -0.3 is 4.90 Å². The maximum absolute atomic E-state index is 2.37. The van der Waals surface area contributed by atoms with E-state index in [0.29, 0.717) is 0 Å². The number of anilines is 2. The molecular formula is C50H39N. The van der Waals surface area contributed by atoms with Crippen molar-refractivity contribution in [1.29, 1.82) is 0 Å². The molecule has 1 heteroatoms. The van der Waals surface area contributed by atoms with Gasteiger partial charge in [0, 0.05) is 24.3 Å². The number of benzene rings is 8. The maximum atomic E-state index is 2.37. The highest BCUT2D eigenvalue weighted by Gasteiger charge is 2.28. The molecule has 1 aliphatic rings. The van der Waals surface area contributed by atoms with Gasteiger partial charge in [-0.05, 0) is 109 Å². The van der Waals surface area contributed by atoms with Crippen molar-refractivity contribution < 1.29 is 0 Å². The quantitative estimate of drug-likeness (QED) is 0.173. The van der Waals surface area contributed by atoms with E-state index in [2.05, 4.69) is 200 Å². The van der Waals surface area contributed by atoms with Crippen molar-refractivity contribution in [3.05, 3.63) is 205 Å². The van der Waals surface area contributed by atoms with Crippen molar-refractivity contribution in [3.63, 3.8) is 0 Å². The predicted molar refractivity (Wildman–Crippen MR) is 217 cm³/mol. The van der Waals surface area contributed by atoms with E-state index in [1.165, 1.54) is 83.3 Å². The Morgan fingerprint density at radius 3 is 1.71 bits per heavy atom. The number of fused-ring (bicyclic) bond motifs is 5. The van der Waals surface area contributed by atoms with Crippen LogP contribution in [0.5, 0.6) is 0 Å². The highest BCUT2D eigenvalue weighted by molar-refractivity contribution is 6.01. The average molecular weight is 654 g/mol. The SMILES string of the molecule is CN(c1ccccc1)c1ccc(-c2ccc(-c3cccc4c3[C@H](c3ccc(-c5ccccc5)cc3)CCc3ccc5ccccc5c3-4)cc2)cc1. The highest BCUT2D eigenvalue weighted by Crippen LogP contribution is 2.48. The fourth-order valence-electron chi connectivity index (χ4n) is 8.09. The van der Waals surface area contributed by atoms with Gasteiger partial charge in [-0.3, -0.25) is 0 Å². The van der Waals surface area contributed by atoms with Gasteiger partial charge in [0.2, 0.25) is 0 Å². The Kier molecular flexibility index (Phi) is 8.02. The van der Waals surface area contributed by atoms with Gasteiger partial charge in [-0.15, -0.1) is 0 Å². The molecule has 0 saturated carbocycles. The second kappa shape index (κ2) is 13.3. The molecular weight excluding hydrogens is 615 g/mol. The Labute approximate surface area is 301 Å². The van der Waals surface area contributed by atoms with Crippen LogP contribution in [0, 0.1) is 0 Å². The largest absolute Gasteiger partial charge is 0.345 e. The molecule has 244 valence electrons. The van der Waals surface area contributed by atoms with E-state index in [1.54, 1.807) is 0 Å². The summed E-state index contributed by atoms with van der Waals surface area (Å²) in [5.74, 6) is 0.265. The number of rotatable bonds is 6. The lowest BCUT2D eigenvalue weighted by molar-refractivity contribution is 0.727. The smallest absolute Gasteiger partial charge is 0.0408 e. The molecule has 0 heterocycles. The van der Waals surface area contributed by atoms with E-state index < -0.39 is 0 Å². The molecule has 1 nitrogen and oxygen atoms in total. The standard InChI is InChI=1S/C50H39N/c1-51(43-14-6-3-7-15-43)44-32-29-38(30-33-44)37-21-23-40(24-22-37)46-17-10-18-48-49-42(28-27-39-13-8-9-16-45(39)49)31-34-47(50(46)48)41-25-19-36(20-26-41)35-11-4-2-5-12-35/h2-30,32-33,47H,31,34H2,1H3/t47-/m0/s1. The van der Waals surface area contributed by atoms with Gasteiger partial charge in [0.25, 0.3) is 0 Å². The van der Waals surface area contributed by atoms with Crippen LogP contribution in [0.4, 0.5) is 11.4 Å². The van der Waals surface area contributed by atoms with Crippen LogP contribution in [-0.2, 0) is 6.42 Å². The van der Waals surface area contributed by atoms with Gasteiger partial charge in [-0.25, -0.2) is 0 Å². The summed E-state index contributed by atoms with van der Waals surface area (Å²) in [6, 6.07) is 69.1. The van der Waals surface area contributed by atoms with E-state index in [9.17, 15) is 0 Å². The van der Waals surface area contributed by atoms with Crippen LogP contribution in [0.1, 0.15) is 29.0 Å². The van der Waals surface area contributed by atoms with Gasteiger partial charge in [0.15, 0.2) is 0 Å². The summed E-state index contributed by atoms with van der Waals surface area (Å²) in [5.41, 5.74) is 16.9. The van der Waals surface area contributed by atoms with Gasteiger partial charge in [0.1, 0.15) is 0 Å². The number of hydrogen-bond acceptors (Lipinski definition) is 1. The minimum atomic E-state index is 0.265. The van der Waals surface area contributed by atoms with Crippen LogP contribution in [0.3, 0.4) is 0 Å². The van der Waals surface area contributed by atoms with E-state index in [-0.39, 0.29) is 5.92 Å². The number of hydrogen-bond donors (Lipinski definition) is 0. The third-order valence-electron chi connectivity index (χ3n) is 10.8. The first-order valence-corrected chi connectivity index (χ1v) is 18.0. The molecule has 0 radical (unpaired) electrons. The van der Waals surface area contributed by atoms with Crippen LogP contribution in [-0.4, -0.2) is 7.05 Å². The first-order chi connectivity index (χ1) is 25.2. The van der Waals surface area contributed by atoms with Crippen LogP contribution < -0.4 is 4.90 Å². The van der Waals surface area contributed by atoms with Crippen molar-refractivity contribution in [3.8, 4) is 44.5 Å². The Morgan fingerprint density at radius 2 is 0.980 bits per heavy atom. The number of aryl methyl sites for hydroxylation is 1. The lowest BCUT2D eigenvalue weighted by Crippen LogP contribution is -2.08. The fourth-order valence-corrected chi connectivity index (χ4v) is 8.09. The molecule has 8 aromatic carbocycles. The van der Waals surface area contributed by atoms with Crippen LogP contribution in [0.2, 0.25) is 0 Å². The van der Waals surface area contributed by atoms with Crippen molar-refractivity contribution in [2.24, 2.45) is 0 Å². The molecule has 0 saturated heterocycles. The summed E-state index contributed by atoms with van der Waals surface area (Å²) < 4.78 is 0. The monoisotopic (exact) mass is 653 g/mol. The fraction of sp³-hybridized carbons (Fsp3) is 0.0800. The Bertz CT molecular complexity index is 2440. The van der Waals surface area contributed by atoms with E-state index in [4.69, 9.17) is 0 Å². The molecule has 0 bridgehead atoms. The van der Waals surface area contributed by atoms with Gasteiger partial charge in [-0.1, -0.05) is 164 Å². The average Bonchev–Trinajstić information content (AvgIpc) is 3.39. The first kappa shape index (κ1) is 30.8. The van der Waals surface area contributed by atoms with Crippen LogP contribution in [0.25, 0.3) is 55.3 Å². The van der Waals surface area contributed by atoms with Crippen molar-refractivity contribution >= 4 is 22.1 Å². The molecule has 0 amide bonds. The molecule has 9 rings (SSSR count). The molecule has 8 aromatic rings. The minimum absolute atomic E-state index is 0.265. The summed E-state index contributed by atoms with van der Waals surface area (Å²) in [6.45, 7) is 0. The summed E-state index contributed by atoms with van der Waals surface area (Å²) in [4.78, 5) is 2.22. The molecule has 0 fully saturated rings. The van der Waals surface area contributed by atoms with Crippen molar-refractivity contribution in [2.75, 3.05) is 11.9 Å². The second-order valence-corrected chi connectivity index (χ2v) is 13.7. The predicted octanol–water partition coefficient (Wildman–Crippen LogP) is 13.4. The van der Waals surface area contributed by atoms with E-state index in [0.717, 1.165) is 12.8 Å². The lowest BCUT2D eigenvalue weighted by Gasteiger charge is -2.23. The molecule has 1 atom stereocenters. The maximum Gasteiger partial charge on any atom is 0.0408 e. The summed E-state index contributed by atoms with van der Waals surface area (Å²) >= 11 is 0. The minimum Gasteiger partial charge on any atom is -0.345 e. The third-order valence-corrected chi connectivity index (χ3v) is 10.8. The van der Waals surface area contributed by atoms with E-state index >= 15 is 0 Å². The van der Waals surface area contributed by atoms with Gasteiger partial charge >= 0.3 is 0 Å². The van der Waals surface area contributed by atoms with Crippen molar-refractivity contribution in [1.82, 2.24) is 0 Å². The Morgan fingerprint density at radius 1 is 0.431 bits per heavy atom.